The molecule has 4 unspecified atom stereocenters. The molecule has 0 N–H and O–H groups in total. The maximum absolute atomic E-state index is 13.8. The van der Waals surface area contributed by atoms with Crippen molar-refractivity contribution >= 4 is 28.6 Å². The zero-order chi connectivity index (χ0) is 23.9. The molecule has 7 nitrogen and oxygen atoms in total. The molecule has 1 aliphatic heterocycles. The van der Waals surface area contributed by atoms with Gasteiger partial charge in [-0.3, -0.25) is 19.3 Å². The molecule has 7 heteroatoms. The molecule has 1 saturated heterocycles. The summed E-state index contributed by atoms with van der Waals surface area (Å²) in [5, 5.41) is 9.36. The van der Waals surface area contributed by atoms with Crippen LogP contribution in [0.5, 0.6) is 0 Å². The van der Waals surface area contributed by atoms with Gasteiger partial charge in [0.05, 0.1) is 5.92 Å². The van der Waals surface area contributed by atoms with E-state index in [9.17, 15) is 14.4 Å². The summed E-state index contributed by atoms with van der Waals surface area (Å²) in [4.78, 5) is 43.8. The second kappa shape index (κ2) is 8.78. The van der Waals surface area contributed by atoms with Gasteiger partial charge in [-0.05, 0) is 30.9 Å². The highest BCUT2D eigenvalue weighted by Crippen LogP contribution is 2.52. The predicted octanol–water partition coefficient (Wildman–Crippen LogP) is 4.23. The monoisotopic (exact) mass is 458 g/mol. The van der Waals surface area contributed by atoms with Gasteiger partial charge in [0.1, 0.15) is 11.0 Å². The van der Waals surface area contributed by atoms with E-state index in [1.54, 1.807) is 12.1 Å². The molecular weight excluding hydrogens is 428 g/mol. The Bertz CT molecular complexity index is 1200. The third-order valence-electron chi connectivity index (χ3n) is 7.63. The van der Waals surface area contributed by atoms with Gasteiger partial charge in [-0.25, -0.2) is 0 Å². The van der Waals surface area contributed by atoms with Gasteiger partial charge in [-0.1, -0.05) is 75.1 Å². The van der Waals surface area contributed by atoms with E-state index < -0.39 is 17.4 Å². The lowest BCUT2D eigenvalue weighted by Crippen LogP contribution is -2.55. The van der Waals surface area contributed by atoms with Crippen molar-refractivity contribution in [2.75, 3.05) is 7.05 Å². The van der Waals surface area contributed by atoms with Gasteiger partial charge < -0.3 is 0 Å². The fourth-order valence-corrected chi connectivity index (χ4v) is 5.98. The number of imide groups is 1. The number of likely N-dealkylation sites (N-methyl/N-ethyl adjacent to an activating group) is 1. The number of benzene rings is 2. The van der Waals surface area contributed by atoms with Crippen molar-refractivity contribution in [2.24, 2.45) is 17.8 Å². The Labute approximate surface area is 199 Å². The van der Waals surface area contributed by atoms with Crippen LogP contribution in [-0.2, 0) is 15.1 Å². The topological polar surface area (TPSA) is 85.2 Å². The summed E-state index contributed by atoms with van der Waals surface area (Å²) in [6, 6.07) is 16.6. The largest absolute Gasteiger partial charge is 0.294 e. The van der Waals surface area contributed by atoms with E-state index in [0.717, 1.165) is 25.7 Å². The summed E-state index contributed by atoms with van der Waals surface area (Å²) in [5.74, 6) is -2.00. The van der Waals surface area contributed by atoms with Gasteiger partial charge in [0.2, 0.25) is 5.91 Å². The lowest BCUT2D eigenvalue weighted by atomic mass is 9.61. The maximum Gasteiger partial charge on any atom is 0.259 e. The average molecular weight is 459 g/mol. The highest BCUT2D eigenvalue weighted by Gasteiger charge is 2.67. The number of likely N-dealkylation sites (tertiary alicyclic amines) is 1. The summed E-state index contributed by atoms with van der Waals surface area (Å²) < 4.78 is 0. The summed E-state index contributed by atoms with van der Waals surface area (Å²) in [6.07, 6.45) is 5.20. The number of carbonyl (C=O) groups excluding carboxylic acids is 3. The average Bonchev–Trinajstić information content (AvgIpc) is 3.39. The molecule has 2 aromatic carbocycles. The lowest BCUT2D eigenvalue weighted by Gasteiger charge is -2.42. The van der Waals surface area contributed by atoms with Crippen molar-refractivity contribution in [2.45, 2.75) is 51.0 Å². The number of hydrogen-bond donors (Lipinski definition) is 0. The fourth-order valence-electron chi connectivity index (χ4n) is 5.98. The van der Waals surface area contributed by atoms with Crippen LogP contribution in [0.3, 0.4) is 0 Å². The van der Waals surface area contributed by atoms with Crippen LogP contribution in [-0.4, -0.2) is 44.5 Å². The normalized spacial score (nSPS) is 26.8. The van der Waals surface area contributed by atoms with Crippen molar-refractivity contribution in [3.63, 3.8) is 0 Å². The fraction of sp³-hybridized carbons (Fsp3) is 0.444. The molecule has 1 aromatic heterocycles. The molecule has 34 heavy (non-hydrogen) atoms. The number of Topliss-reactive ketones (excluding diaryl/α,β-unsaturated/α-hetero) is 1. The minimum Gasteiger partial charge on any atom is -0.294 e. The molecule has 2 fully saturated rings. The van der Waals surface area contributed by atoms with Gasteiger partial charge in [0, 0.05) is 18.5 Å². The van der Waals surface area contributed by atoms with E-state index in [2.05, 4.69) is 17.1 Å². The van der Waals surface area contributed by atoms with Crippen molar-refractivity contribution < 1.29 is 14.4 Å². The third-order valence-corrected chi connectivity index (χ3v) is 7.63. The third kappa shape index (κ3) is 3.45. The van der Waals surface area contributed by atoms with E-state index in [-0.39, 0.29) is 23.5 Å². The lowest BCUT2D eigenvalue weighted by molar-refractivity contribution is -0.140. The molecule has 2 heterocycles. The van der Waals surface area contributed by atoms with Gasteiger partial charge >= 0.3 is 0 Å². The molecular formula is C27H30N4O3. The number of amides is 2. The molecule has 0 spiro atoms. The minimum absolute atomic E-state index is 0.0803. The molecule has 3 aromatic rings. The summed E-state index contributed by atoms with van der Waals surface area (Å²) in [6.45, 7) is 2.16. The molecule has 0 bridgehead atoms. The van der Waals surface area contributed by atoms with Crippen LogP contribution in [0.4, 0.5) is 0 Å². The number of hydrogen-bond acceptors (Lipinski definition) is 5. The SMILES string of the molecule is CCCCCC1CC(C(=O)c2ccccc2)C2C(=O)N(C)C(=O)C2(n2nc3ccccc3n2)C1. The molecule has 2 amide bonds. The number of fused-ring (bicyclic) bond motifs is 2. The Kier molecular flexibility index (Phi) is 5.80. The van der Waals surface area contributed by atoms with Crippen LogP contribution in [0.25, 0.3) is 11.0 Å². The minimum atomic E-state index is -1.28. The van der Waals surface area contributed by atoms with E-state index in [4.69, 9.17) is 0 Å². The first kappa shape index (κ1) is 22.4. The molecule has 1 saturated carbocycles. The molecule has 0 radical (unpaired) electrons. The Hall–Kier alpha value is -3.35. The Morgan fingerprint density at radius 1 is 1.00 bits per heavy atom. The van der Waals surface area contributed by atoms with Gasteiger partial charge in [0.25, 0.3) is 5.91 Å². The first-order valence-corrected chi connectivity index (χ1v) is 12.2. The van der Waals surface area contributed by atoms with Crippen molar-refractivity contribution in [1.29, 1.82) is 0 Å². The summed E-state index contributed by atoms with van der Waals surface area (Å²) >= 11 is 0. The van der Waals surface area contributed by atoms with Gasteiger partial charge in [0.15, 0.2) is 11.3 Å². The highest BCUT2D eigenvalue weighted by atomic mass is 16.2. The molecule has 176 valence electrons. The van der Waals surface area contributed by atoms with Crippen molar-refractivity contribution in [1.82, 2.24) is 19.9 Å². The van der Waals surface area contributed by atoms with Crippen LogP contribution in [0.2, 0.25) is 0 Å². The quantitative estimate of drug-likeness (QED) is 0.300. The Balaban J connectivity index is 1.65. The first-order chi connectivity index (χ1) is 16.5. The number of rotatable bonds is 7. The van der Waals surface area contributed by atoms with Crippen LogP contribution >= 0.6 is 0 Å². The van der Waals surface area contributed by atoms with Crippen LogP contribution in [0.1, 0.15) is 55.8 Å². The maximum atomic E-state index is 13.8. The van der Waals surface area contributed by atoms with Crippen LogP contribution in [0.15, 0.2) is 54.6 Å². The van der Waals surface area contributed by atoms with Crippen molar-refractivity contribution in [3.8, 4) is 0 Å². The number of nitrogens with zero attached hydrogens (tertiary/aromatic N) is 4. The van der Waals surface area contributed by atoms with E-state index >= 15 is 0 Å². The van der Waals surface area contributed by atoms with Crippen molar-refractivity contribution in [3.05, 3.63) is 60.2 Å². The molecule has 2 aliphatic rings. The zero-order valence-electron chi connectivity index (χ0n) is 19.7. The Morgan fingerprint density at radius 2 is 1.65 bits per heavy atom. The molecule has 4 atom stereocenters. The zero-order valence-corrected chi connectivity index (χ0v) is 19.7. The Morgan fingerprint density at radius 3 is 2.29 bits per heavy atom. The first-order valence-electron chi connectivity index (χ1n) is 12.2. The second-order valence-corrected chi connectivity index (χ2v) is 9.72. The number of ketones is 1. The predicted molar refractivity (Wildman–Crippen MR) is 128 cm³/mol. The van der Waals surface area contributed by atoms with E-state index in [1.807, 2.05) is 42.5 Å². The number of unbranched alkanes of at least 4 members (excludes halogenated alkanes) is 2. The summed E-state index contributed by atoms with van der Waals surface area (Å²) in [7, 11) is 1.52. The van der Waals surface area contributed by atoms with Gasteiger partial charge in [-0.2, -0.15) is 15.0 Å². The number of aromatic nitrogens is 3. The molecule has 5 rings (SSSR count). The van der Waals surface area contributed by atoms with Crippen LogP contribution < -0.4 is 0 Å². The standard InChI is InChI=1S/C27H30N4O3/c1-3-4-6-11-18-16-20(24(32)19-12-7-5-8-13-19)23-25(33)30(2)26(34)27(23,17-18)31-28-21-14-9-10-15-22(21)29-31/h5,7-10,12-15,18,20,23H,3-4,6,11,16-17H2,1-2H3. The smallest absolute Gasteiger partial charge is 0.259 e. The van der Waals surface area contributed by atoms with E-state index in [1.165, 1.54) is 16.7 Å². The van der Waals surface area contributed by atoms with E-state index in [0.29, 0.717) is 29.4 Å². The highest BCUT2D eigenvalue weighted by molar-refractivity contribution is 6.12. The van der Waals surface area contributed by atoms with Gasteiger partial charge in [-0.15, -0.1) is 0 Å². The second-order valence-electron chi connectivity index (χ2n) is 9.72. The van der Waals surface area contributed by atoms with Crippen LogP contribution in [0, 0.1) is 17.8 Å². The summed E-state index contributed by atoms with van der Waals surface area (Å²) in [5.41, 5.74) is 0.632. The number of carbonyl (C=O) groups is 3. The molecule has 1 aliphatic carbocycles.